The van der Waals surface area contributed by atoms with Gasteiger partial charge in [0, 0.05) is 16.6 Å². The molecule has 27 heavy (non-hydrogen) atoms. The second-order valence-corrected chi connectivity index (χ2v) is 8.93. The van der Waals surface area contributed by atoms with Crippen molar-refractivity contribution >= 4 is 32.2 Å². The SMILES string of the molecule is CCCCCc1ccc(S(=O)(=O)Nc2cccc(-c3csc(N)n3)c2)cc1. The first-order valence-corrected chi connectivity index (χ1v) is 11.3. The maximum absolute atomic E-state index is 12.7. The van der Waals surface area contributed by atoms with Crippen molar-refractivity contribution in [1.82, 2.24) is 4.98 Å². The molecule has 0 unspecified atom stereocenters. The van der Waals surface area contributed by atoms with Crippen LogP contribution in [0.15, 0.2) is 58.8 Å². The first-order chi connectivity index (χ1) is 13.0. The van der Waals surface area contributed by atoms with E-state index in [4.69, 9.17) is 5.73 Å². The number of rotatable bonds is 8. The average Bonchev–Trinajstić information content (AvgIpc) is 3.09. The second kappa shape index (κ2) is 8.54. The van der Waals surface area contributed by atoms with Gasteiger partial charge >= 0.3 is 0 Å². The van der Waals surface area contributed by atoms with Gasteiger partial charge in [-0.05, 0) is 42.7 Å². The molecule has 5 nitrogen and oxygen atoms in total. The first-order valence-electron chi connectivity index (χ1n) is 8.91. The van der Waals surface area contributed by atoms with Gasteiger partial charge in [0.15, 0.2) is 5.13 Å². The predicted octanol–water partition coefficient (Wildman–Crippen LogP) is 4.93. The number of aromatic nitrogens is 1. The van der Waals surface area contributed by atoms with Crippen molar-refractivity contribution in [1.29, 1.82) is 0 Å². The largest absolute Gasteiger partial charge is 0.375 e. The topological polar surface area (TPSA) is 85.1 Å². The van der Waals surface area contributed by atoms with E-state index in [1.807, 2.05) is 23.6 Å². The summed E-state index contributed by atoms with van der Waals surface area (Å²) in [5.41, 5.74) is 8.87. The molecule has 0 atom stereocenters. The van der Waals surface area contributed by atoms with Crippen molar-refractivity contribution in [2.24, 2.45) is 0 Å². The van der Waals surface area contributed by atoms with Crippen LogP contribution in [0.5, 0.6) is 0 Å². The zero-order valence-corrected chi connectivity index (χ0v) is 16.8. The molecule has 7 heteroatoms. The molecule has 3 rings (SSSR count). The van der Waals surface area contributed by atoms with E-state index in [1.165, 1.54) is 24.2 Å². The fourth-order valence-corrected chi connectivity index (χ4v) is 4.41. The maximum atomic E-state index is 12.7. The van der Waals surface area contributed by atoms with Crippen LogP contribution in [0.3, 0.4) is 0 Å². The maximum Gasteiger partial charge on any atom is 0.261 e. The van der Waals surface area contributed by atoms with Crippen LogP contribution in [0.4, 0.5) is 10.8 Å². The molecule has 0 radical (unpaired) electrons. The minimum absolute atomic E-state index is 0.255. The molecule has 0 saturated carbocycles. The normalized spacial score (nSPS) is 11.4. The first kappa shape index (κ1) is 19.4. The third-order valence-corrected chi connectivity index (χ3v) is 6.31. The Balaban J connectivity index is 1.74. The minimum atomic E-state index is -3.64. The van der Waals surface area contributed by atoms with E-state index in [-0.39, 0.29) is 4.90 Å². The number of nitrogens with one attached hydrogen (secondary N) is 1. The summed E-state index contributed by atoms with van der Waals surface area (Å²) in [7, 11) is -3.64. The van der Waals surface area contributed by atoms with E-state index in [1.54, 1.807) is 30.3 Å². The van der Waals surface area contributed by atoms with Crippen molar-refractivity contribution in [3.8, 4) is 11.3 Å². The highest BCUT2D eigenvalue weighted by molar-refractivity contribution is 7.92. The lowest BCUT2D eigenvalue weighted by atomic mass is 10.1. The summed E-state index contributed by atoms with van der Waals surface area (Å²) in [4.78, 5) is 4.49. The fourth-order valence-electron chi connectivity index (χ4n) is 2.79. The number of nitrogens with zero attached hydrogens (tertiary/aromatic N) is 1. The second-order valence-electron chi connectivity index (χ2n) is 6.36. The third kappa shape index (κ3) is 5.08. The summed E-state index contributed by atoms with van der Waals surface area (Å²) in [6.07, 6.45) is 4.45. The Kier molecular flexibility index (Phi) is 6.13. The number of anilines is 2. The molecule has 0 bridgehead atoms. The Morgan fingerprint density at radius 2 is 1.89 bits per heavy atom. The number of hydrogen-bond donors (Lipinski definition) is 2. The van der Waals surface area contributed by atoms with Crippen LogP contribution < -0.4 is 10.5 Å². The van der Waals surface area contributed by atoms with Crippen LogP contribution in [0.1, 0.15) is 31.7 Å². The highest BCUT2D eigenvalue weighted by Gasteiger charge is 2.14. The fraction of sp³-hybridized carbons (Fsp3) is 0.250. The molecular weight excluding hydrogens is 378 g/mol. The van der Waals surface area contributed by atoms with Crippen LogP contribution in [0.25, 0.3) is 11.3 Å². The van der Waals surface area contributed by atoms with E-state index >= 15 is 0 Å². The molecule has 0 aliphatic heterocycles. The summed E-state index contributed by atoms with van der Waals surface area (Å²) in [5.74, 6) is 0. The molecule has 2 aromatic carbocycles. The van der Waals surface area contributed by atoms with Crippen molar-refractivity contribution in [2.45, 2.75) is 37.5 Å². The number of nitrogens with two attached hydrogens (primary N) is 1. The Bertz CT molecular complexity index is 996. The number of nitrogen functional groups attached to an aromatic ring is 1. The summed E-state index contributed by atoms with van der Waals surface area (Å²) in [5, 5.41) is 2.33. The van der Waals surface area contributed by atoms with Gasteiger partial charge in [0.05, 0.1) is 10.6 Å². The summed E-state index contributed by atoms with van der Waals surface area (Å²) in [6.45, 7) is 2.17. The summed E-state index contributed by atoms with van der Waals surface area (Å²) >= 11 is 1.35. The smallest absolute Gasteiger partial charge is 0.261 e. The molecule has 3 aromatic rings. The molecule has 0 saturated heterocycles. The van der Waals surface area contributed by atoms with Gasteiger partial charge in [-0.25, -0.2) is 13.4 Å². The van der Waals surface area contributed by atoms with E-state index in [0.717, 1.165) is 29.7 Å². The molecule has 0 aliphatic carbocycles. The van der Waals surface area contributed by atoms with Gasteiger partial charge < -0.3 is 5.73 Å². The van der Waals surface area contributed by atoms with Gasteiger partial charge in [-0.15, -0.1) is 11.3 Å². The molecule has 3 N–H and O–H groups in total. The van der Waals surface area contributed by atoms with Gasteiger partial charge in [0.25, 0.3) is 10.0 Å². The number of hydrogen-bond acceptors (Lipinski definition) is 5. The van der Waals surface area contributed by atoms with Gasteiger partial charge in [-0.1, -0.05) is 44.0 Å². The van der Waals surface area contributed by atoms with E-state index in [0.29, 0.717) is 10.8 Å². The molecule has 142 valence electrons. The zero-order valence-electron chi connectivity index (χ0n) is 15.2. The lowest BCUT2D eigenvalue weighted by molar-refractivity contribution is 0.601. The van der Waals surface area contributed by atoms with E-state index < -0.39 is 10.0 Å². The molecule has 0 amide bonds. The molecular formula is C20H23N3O2S2. The third-order valence-electron chi connectivity index (χ3n) is 4.24. The molecule has 0 aliphatic rings. The quantitative estimate of drug-likeness (QED) is 0.524. The molecule has 1 aromatic heterocycles. The van der Waals surface area contributed by atoms with Gasteiger partial charge in [-0.2, -0.15) is 0 Å². The highest BCUT2D eigenvalue weighted by Crippen LogP contribution is 2.26. The lowest BCUT2D eigenvalue weighted by Crippen LogP contribution is -2.13. The number of aryl methyl sites for hydroxylation is 1. The van der Waals surface area contributed by atoms with E-state index in [9.17, 15) is 8.42 Å². The Morgan fingerprint density at radius 3 is 2.56 bits per heavy atom. The summed E-state index contributed by atoms with van der Waals surface area (Å²) < 4.78 is 28.0. The summed E-state index contributed by atoms with van der Waals surface area (Å²) in [6, 6.07) is 14.2. The number of thiazole rings is 1. The minimum Gasteiger partial charge on any atom is -0.375 e. The average molecular weight is 402 g/mol. The zero-order chi connectivity index (χ0) is 19.3. The Labute approximate surface area is 164 Å². The standard InChI is InChI=1S/C20H23N3O2S2/c1-2-3-4-6-15-9-11-18(12-10-15)27(24,25)23-17-8-5-7-16(13-17)19-14-26-20(21)22-19/h5,7-14,23H,2-4,6H2,1H3,(H2,21,22). The monoisotopic (exact) mass is 401 g/mol. The molecule has 0 spiro atoms. The van der Waals surface area contributed by atoms with E-state index in [2.05, 4.69) is 16.6 Å². The number of benzene rings is 2. The van der Waals surface area contributed by atoms with Gasteiger partial charge in [0.1, 0.15) is 0 Å². The molecule has 0 fully saturated rings. The van der Waals surface area contributed by atoms with Crippen LogP contribution >= 0.6 is 11.3 Å². The lowest BCUT2D eigenvalue weighted by Gasteiger charge is -2.10. The van der Waals surface area contributed by atoms with Gasteiger partial charge in [-0.3, -0.25) is 4.72 Å². The number of unbranched alkanes of at least 4 members (excludes halogenated alkanes) is 2. The Hall–Kier alpha value is -2.38. The Morgan fingerprint density at radius 1 is 1.11 bits per heavy atom. The van der Waals surface area contributed by atoms with Crippen LogP contribution in [-0.2, 0) is 16.4 Å². The van der Waals surface area contributed by atoms with Crippen LogP contribution in [0.2, 0.25) is 0 Å². The predicted molar refractivity (Wildman–Crippen MR) is 112 cm³/mol. The number of sulfonamides is 1. The van der Waals surface area contributed by atoms with Crippen molar-refractivity contribution in [2.75, 3.05) is 10.5 Å². The molecule has 1 heterocycles. The van der Waals surface area contributed by atoms with Crippen LogP contribution in [0, 0.1) is 0 Å². The van der Waals surface area contributed by atoms with Gasteiger partial charge in [0.2, 0.25) is 0 Å². The van der Waals surface area contributed by atoms with Crippen molar-refractivity contribution in [3.63, 3.8) is 0 Å². The van der Waals surface area contributed by atoms with Crippen molar-refractivity contribution in [3.05, 3.63) is 59.5 Å². The van der Waals surface area contributed by atoms with Crippen molar-refractivity contribution < 1.29 is 8.42 Å². The van der Waals surface area contributed by atoms with Crippen LogP contribution in [-0.4, -0.2) is 13.4 Å². The highest BCUT2D eigenvalue weighted by atomic mass is 32.2.